The topological polar surface area (TPSA) is 18.5 Å². The highest BCUT2D eigenvalue weighted by molar-refractivity contribution is 4.76. The van der Waals surface area contributed by atoms with Crippen molar-refractivity contribution in [1.29, 1.82) is 0 Å². The molecule has 0 aliphatic heterocycles. The lowest BCUT2D eigenvalue weighted by Gasteiger charge is -2.21. The first-order valence-electron chi connectivity index (χ1n) is 3.69. The highest BCUT2D eigenvalue weighted by Gasteiger charge is 2.26. The molecule has 0 aromatic rings. The molecule has 59 valence electrons. The van der Waals surface area contributed by atoms with Gasteiger partial charge in [-0.1, -0.05) is 0 Å². The summed E-state index contributed by atoms with van der Waals surface area (Å²) in [6.07, 6.45) is 2.94. The summed E-state index contributed by atoms with van der Waals surface area (Å²) < 4.78 is 10.4. The Balaban J connectivity index is 2.09. The zero-order chi connectivity index (χ0) is 7.61. The van der Waals surface area contributed by atoms with E-state index in [-0.39, 0.29) is 5.60 Å². The number of rotatable bonds is 4. The third-order valence-electron chi connectivity index (χ3n) is 1.58. The number of hydrogen-bond donors (Lipinski definition) is 0. The van der Waals surface area contributed by atoms with E-state index in [2.05, 4.69) is 7.11 Å². The molecule has 0 unspecified atom stereocenters. The normalized spacial score (nSPS) is 19.5. The minimum atomic E-state index is -0.220. The van der Waals surface area contributed by atoms with Crippen LogP contribution >= 0.6 is 0 Å². The maximum absolute atomic E-state index is 5.44. The molecule has 1 aliphatic rings. The van der Waals surface area contributed by atoms with E-state index in [0.717, 1.165) is 0 Å². The summed E-state index contributed by atoms with van der Waals surface area (Å²) in [6.45, 7) is 4.60. The number of hydrogen-bond acceptors (Lipinski definition) is 2. The Hall–Kier alpha value is -0.0800. The highest BCUT2D eigenvalue weighted by atomic mass is 16.5. The quantitative estimate of drug-likeness (QED) is 0.597. The monoisotopic (exact) mass is 143 g/mol. The van der Waals surface area contributed by atoms with Gasteiger partial charge in [0, 0.05) is 0 Å². The summed E-state index contributed by atoms with van der Waals surface area (Å²) in [5.41, 5.74) is -0.220. The van der Waals surface area contributed by atoms with E-state index >= 15 is 0 Å². The van der Waals surface area contributed by atoms with Gasteiger partial charge in [0.2, 0.25) is 0 Å². The zero-order valence-electron chi connectivity index (χ0n) is 6.72. The summed E-state index contributed by atoms with van der Waals surface area (Å²) >= 11 is 0. The van der Waals surface area contributed by atoms with Crippen molar-refractivity contribution in [2.45, 2.75) is 38.4 Å². The van der Waals surface area contributed by atoms with Crippen molar-refractivity contribution in [3.05, 3.63) is 7.11 Å². The molecular weight excluding hydrogens is 128 g/mol. The lowest BCUT2D eigenvalue weighted by atomic mass is 10.1. The van der Waals surface area contributed by atoms with E-state index in [9.17, 15) is 0 Å². The minimum absolute atomic E-state index is 0.220. The van der Waals surface area contributed by atoms with Crippen LogP contribution in [-0.2, 0) is 9.47 Å². The molecule has 0 atom stereocenters. The maximum Gasteiger partial charge on any atom is 0.0860 e. The van der Waals surface area contributed by atoms with Crippen molar-refractivity contribution in [3.8, 4) is 0 Å². The van der Waals surface area contributed by atoms with Crippen LogP contribution in [0.15, 0.2) is 0 Å². The van der Waals surface area contributed by atoms with E-state index in [1.165, 1.54) is 12.8 Å². The first kappa shape index (κ1) is 8.02. The van der Waals surface area contributed by atoms with E-state index in [0.29, 0.717) is 12.7 Å². The second-order valence-electron chi connectivity index (χ2n) is 3.41. The fourth-order valence-electron chi connectivity index (χ4n) is 0.595. The fraction of sp³-hybridized carbons (Fsp3) is 0.875. The highest BCUT2D eigenvalue weighted by Crippen LogP contribution is 2.25. The Kier molecular flexibility index (Phi) is 2.32. The zero-order valence-corrected chi connectivity index (χ0v) is 6.72. The molecule has 1 saturated carbocycles. The van der Waals surface area contributed by atoms with Gasteiger partial charge in [0.05, 0.1) is 25.4 Å². The standard InChI is InChI=1S/C8H15O2/c1-8(2,9-3)6-10-7-4-5-7/h7H,3-6H2,1-2H3. The van der Waals surface area contributed by atoms with Gasteiger partial charge in [-0.2, -0.15) is 0 Å². The molecule has 0 amide bonds. The van der Waals surface area contributed by atoms with E-state index in [4.69, 9.17) is 9.47 Å². The molecule has 2 nitrogen and oxygen atoms in total. The molecule has 1 fully saturated rings. The average Bonchev–Trinajstić information content (AvgIpc) is 2.66. The first-order valence-corrected chi connectivity index (χ1v) is 3.69. The summed E-state index contributed by atoms with van der Waals surface area (Å²) in [5, 5.41) is 0. The molecular formula is C8H15O2. The number of ether oxygens (including phenoxy) is 2. The molecule has 1 rings (SSSR count). The van der Waals surface area contributed by atoms with Crippen molar-refractivity contribution in [3.63, 3.8) is 0 Å². The van der Waals surface area contributed by atoms with Crippen LogP contribution in [0.1, 0.15) is 26.7 Å². The second kappa shape index (κ2) is 2.89. The van der Waals surface area contributed by atoms with Crippen molar-refractivity contribution < 1.29 is 9.47 Å². The summed E-state index contributed by atoms with van der Waals surface area (Å²) in [7, 11) is 3.38. The SMILES string of the molecule is [CH2]OC(C)(C)COC1CC1. The molecule has 0 aromatic heterocycles. The van der Waals surface area contributed by atoms with Crippen molar-refractivity contribution >= 4 is 0 Å². The van der Waals surface area contributed by atoms with Crippen LogP contribution in [0, 0.1) is 7.11 Å². The Morgan fingerprint density at radius 2 is 2.10 bits per heavy atom. The van der Waals surface area contributed by atoms with Gasteiger partial charge < -0.3 is 9.47 Å². The van der Waals surface area contributed by atoms with E-state index in [1.54, 1.807) is 0 Å². The minimum Gasteiger partial charge on any atom is -0.375 e. The van der Waals surface area contributed by atoms with Crippen LogP contribution in [-0.4, -0.2) is 18.3 Å². The summed E-state index contributed by atoms with van der Waals surface area (Å²) in [4.78, 5) is 0. The van der Waals surface area contributed by atoms with Crippen LogP contribution in [0.25, 0.3) is 0 Å². The van der Waals surface area contributed by atoms with Crippen LogP contribution in [0.4, 0.5) is 0 Å². The second-order valence-corrected chi connectivity index (χ2v) is 3.41. The van der Waals surface area contributed by atoms with Gasteiger partial charge in [0.1, 0.15) is 0 Å². The van der Waals surface area contributed by atoms with Crippen molar-refractivity contribution in [2.75, 3.05) is 6.61 Å². The Bertz CT molecular complexity index is 106. The molecule has 1 aliphatic carbocycles. The maximum atomic E-state index is 5.44. The summed E-state index contributed by atoms with van der Waals surface area (Å²) in [5.74, 6) is 0. The molecule has 0 N–H and O–H groups in total. The first-order chi connectivity index (χ1) is 4.64. The van der Waals surface area contributed by atoms with Gasteiger partial charge in [0.25, 0.3) is 0 Å². The van der Waals surface area contributed by atoms with E-state index < -0.39 is 0 Å². The molecule has 2 heteroatoms. The molecule has 0 aromatic carbocycles. The Morgan fingerprint density at radius 1 is 1.50 bits per heavy atom. The van der Waals surface area contributed by atoms with Crippen LogP contribution < -0.4 is 0 Å². The van der Waals surface area contributed by atoms with Crippen LogP contribution in [0.2, 0.25) is 0 Å². The van der Waals surface area contributed by atoms with Crippen LogP contribution in [0.3, 0.4) is 0 Å². The van der Waals surface area contributed by atoms with E-state index in [1.807, 2.05) is 13.8 Å². The largest absolute Gasteiger partial charge is 0.375 e. The molecule has 0 saturated heterocycles. The van der Waals surface area contributed by atoms with Gasteiger partial charge >= 0.3 is 0 Å². The molecule has 10 heavy (non-hydrogen) atoms. The smallest absolute Gasteiger partial charge is 0.0860 e. The van der Waals surface area contributed by atoms with Gasteiger partial charge in [-0.15, -0.1) is 0 Å². The lowest BCUT2D eigenvalue weighted by molar-refractivity contribution is -0.0393. The van der Waals surface area contributed by atoms with Gasteiger partial charge in [-0.3, -0.25) is 0 Å². The molecule has 1 radical (unpaired) electrons. The third kappa shape index (κ3) is 2.67. The van der Waals surface area contributed by atoms with Gasteiger partial charge in [0.15, 0.2) is 0 Å². The lowest BCUT2D eigenvalue weighted by Crippen LogP contribution is -2.28. The Labute approximate surface area is 62.5 Å². The van der Waals surface area contributed by atoms with Crippen molar-refractivity contribution in [1.82, 2.24) is 0 Å². The molecule has 0 bridgehead atoms. The predicted octanol–water partition coefficient (Wildman–Crippen LogP) is 1.75. The van der Waals surface area contributed by atoms with Gasteiger partial charge in [-0.25, -0.2) is 0 Å². The van der Waals surface area contributed by atoms with Crippen LogP contribution in [0.5, 0.6) is 0 Å². The Morgan fingerprint density at radius 3 is 2.50 bits per heavy atom. The van der Waals surface area contributed by atoms with Gasteiger partial charge in [-0.05, 0) is 26.7 Å². The predicted molar refractivity (Wildman–Crippen MR) is 39.5 cm³/mol. The summed E-state index contributed by atoms with van der Waals surface area (Å²) in [6, 6.07) is 0. The van der Waals surface area contributed by atoms with Crippen molar-refractivity contribution in [2.24, 2.45) is 0 Å². The average molecular weight is 143 g/mol. The third-order valence-corrected chi connectivity index (χ3v) is 1.58. The fourth-order valence-corrected chi connectivity index (χ4v) is 0.595. The molecule has 0 spiro atoms. The molecule has 0 heterocycles.